The number of carbonyl (C=O) groups is 1. The SMILES string of the molecule is O=C(CCN1CCCS1(=O)=O)N1CCCC1c1ccccc1Cl. The predicted octanol–water partition coefficient (Wildman–Crippen LogP) is 2.43. The summed E-state index contributed by atoms with van der Waals surface area (Å²) in [6.07, 6.45) is 2.74. The first kappa shape index (κ1) is 16.7. The fraction of sp³-hybridized carbons (Fsp3) is 0.562. The van der Waals surface area contributed by atoms with E-state index in [0.717, 1.165) is 18.4 Å². The summed E-state index contributed by atoms with van der Waals surface area (Å²) in [5.41, 5.74) is 0.980. The van der Waals surface area contributed by atoms with Crippen molar-refractivity contribution in [2.24, 2.45) is 0 Å². The van der Waals surface area contributed by atoms with E-state index in [1.165, 1.54) is 4.31 Å². The summed E-state index contributed by atoms with van der Waals surface area (Å²) in [4.78, 5) is 14.4. The van der Waals surface area contributed by atoms with E-state index >= 15 is 0 Å². The molecule has 3 rings (SSSR count). The maximum absolute atomic E-state index is 12.6. The van der Waals surface area contributed by atoms with Crippen LogP contribution in [-0.4, -0.2) is 48.9 Å². The van der Waals surface area contributed by atoms with Crippen molar-refractivity contribution in [2.75, 3.05) is 25.4 Å². The second kappa shape index (κ2) is 6.79. The molecule has 0 aliphatic carbocycles. The standard InChI is InChI=1S/C16H21ClN2O3S/c17-14-6-2-1-5-13(14)15-7-3-10-19(15)16(20)8-11-18-9-4-12-23(18,21)22/h1-2,5-6,15H,3-4,7-12H2. The van der Waals surface area contributed by atoms with Gasteiger partial charge in [0.05, 0.1) is 11.8 Å². The number of nitrogens with zero attached hydrogens (tertiary/aromatic N) is 2. The van der Waals surface area contributed by atoms with Crippen molar-refractivity contribution in [3.63, 3.8) is 0 Å². The van der Waals surface area contributed by atoms with Gasteiger partial charge in [-0.15, -0.1) is 0 Å². The van der Waals surface area contributed by atoms with Crippen molar-refractivity contribution in [2.45, 2.75) is 31.7 Å². The molecule has 126 valence electrons. The topological polar surface area (TPSA) is 57.7 Å². The Hall–Kier alpha value is -1.11. The Morgan fingerprint density at radius 1 is 1.22 bits per heavy atom. The lowest BCUT2D eigenvalue weighted by Crippen LogP contribution is -2.35. The normalized spacial score (nSPS) is 24.2. The zero-order valence-electron chi connectivity index (χ0n) is 12.9. The van der Waals surface area contributed by atoms with Gasteiger partial charge in [0.1, 0.15) is 0 Å². The first-order valence-electron chi connectivity index (χ1n) is 8.01. The van der Waals surface area contributed by atoms with E-state index in [-0.39, 0.29) is 30.7 Å². The fourth-order valence-corrected chi connectivity index (χ4v) is 5.23. The van der Waals surface area contributed by atoms with Crippen molar-refractivity contribution in [1.29, 1.82) is 0 Å². The summed E-state index contributed by atoms with van der Waals surface area (Å²) in [5.74, 6) is 0.210. The third-order valence-corrected chi connectivity index (χ3v) is 6.92. The Morgan fingerprint density at radius 2 is 2.00 bits per heavy atom. The van der Waals surface area contributed by atoms with Crippen molar-refractivity contribution in [3.8, 4) is 0 Å². The highest BCUT2D eigenvalue weighted by Gasteiger charge is 2.33. The molecule has 2 aliphatic heterocycles. The highest BCUT2D eigenvalue weighted by molar-refractivity contribution is 7.89. The molecule has 0 aromatic heterocycles. The Morgan fingerprint density at radius 3 is 2.70 bits per heavy atom. The Labute approximate surface area is 142 Å². The lowest BCUT2D eigenvalue weighted by atomic mass is 10.0. The molecule has 2 heterocycles. The molecule has 0 radical (unpaired) electrons. The van der Waals surface area contributed by atoms with Crippen LogP contribution in [0.25, 0.3) is 0 Å². The zero-order chi connectivity index (χ0) is 16.4. The highest BCUT2D eigenvalue weighted by atomic mass is 35.5. The van der Waals surface area contributed by atoms with Crippen LogP contribution in [0.4, 0.5) is 0 Å². The third-order valence-electron chi connectivity index (χ3n) is 4.62. The van der Waals surface area contributed by atoms with Crippen molar-refractivity contribution >= 4 is 27.5 Å². The number of amides is 1. The smallest absolute Gasteiger partial charge is 0.224 e. The van der Waals surface area contributed by atoms with Crippen molar-refractivity contribution in [3.05, 3.63) is 34.9 Å². The highest BCUT2D eigenvalue weighted by Crippen LogP contribution is 2.36. The molecule has 0 N–H and O–H groups in total. The molecule has 2 saturated heterocycles. The van der Waals surface area contributed by atoms with E-state index in [1.807, 2.05) is 29.2 Å². The lowest BCUT2D eigenvalue weighted by Gasteiger charge is -2.26. The van der Waals surface area contributed by atoms with E-state index in [1.54, 1.807) is 0 Å². The van der Waals surface area contributed by atoms with Gasteiger partial charge < -0.3 is 4.90 Å². The van der Waals surface area contributed by atoms with E-state index in [4.69, 9.17) is 11.6 Å². The van der Waals surface area contributed by atoms with Crippen LogP contribution in [0.15, 0.2) is 24.3 Å². The average molecular weight is 357 g/mol. The summed E-state index contributed by atoms with van der Waals surface area (Å²) in [5, 5.41) is 0.680. The second-order valence-electron chi connectivity index (χ2n) is 6.09. The van der Waals surface area contributed by atoms with E-state index in [2.05, 4.69) is 0 Å². The van der Waals surface area contributed by atoms with Crippen LogP contribution in [0.2, 0.25) is 5.02 Å². The molecule has 0 bridgehead atoms. The lowest BCUT2D eigenvalue weighted by molar-refractivity contribution is -0.132. The number of rotatable bonds is 4. The number of benzene rings is 1. The van der Waals surface area contributed by atoms with Crippen LogP contribution in [0, 0.1) is 0 Å². The van der Waals surface area contributed by atoms with Crippen LogP contribution < -0.4 is 0 Å². The Bertz CT molecular complexity index is 692. The van der Waals surface area contributed by atoms with Gasteiger partial charge in [0.25, 0.3) is 0 Å². The fourth-order valence-electron chi connectivity index (χ4n) is 3.44. The number of halogens is 1. The molecule has 1 atom stereocenters. The van der Waals surface area contributed by atoms with E-state index in [0.29, 0.717) is 24.5 Å². The van der Waals surface area contributed by atoms with Crippen molar-refractivity contribution < 1.29 is 13.2 Å². The van der Waals surface area contributed by atoms with Crippen LogP contribution in [0.5, 0.6) is 0 Å². The molecule has 23 heavy (non-hydrogen) atoms. The molecule has 0 spiro atoms. The molecule has 1 unspecified atom stereocenters. The van der Waals surface area contributed by atoms with Gasteiger partial charge in [-0.1, -0.05) is 29.8 Å². The summed E-state index contributed by atoms with van der Waals surface area (Å²) in [6.45, 7) is 1.53. The van der Waals surface area contributed by atoms with Crippen molar-refractivity contribution in [1.82, 2.24) is 9.21 Å². The molecular formula is C16H21ClN2O3S. The first-order chi connectivity index (χ1) is 11.0. The van der Waals surface area contributed by atoms with E-state index < -0.39 is 10.0 Å². The van der Waals surface area contributed by atoms with Gasteiger partial charge in [-0.3, -0.25) is 4.79 Å². The summed E-state index contributed by atoms with van der Waals surface area (Å²) in [7, 11) is -3.14. The number of hydrogen-bond donors (Lipinski definition) is 0. The molecule has 1 amide bonds. The second-order valence-corrected chi connectivity index (χ2v) is 8.58. The van der Waals surface area contributed by atoms with Gasteiger partial charge in [-0.25, -0.2) is 12.7 Å². The summed E-state index contributed by atoms with van der Waals surface area (Å²) >= 11 is 6.27. The van der Waals surface area contributed by atoms with Gasteiger partial charge >= 0.3 is 0 Å². The van der Waals surface area contributed by atoms with Gasteiger partial charge in [0.2, 0.25) is 15.9 Å². The molecule has 0 saturated carbocycles. The molecule has 1 aromatic carbocycles. The minimum Gasteiger partial charge on any atom is -0.336 e. The molecule has 7 heteroatoms. The van der Waals surface area contributed by atoms with Crippen LogP contribution >= 0.6 is 11.6 Å². The monoisotopic (exact) mass is 356 g/mol. The van der Waals surface area contributed by atoms with Crippen LogP contribution in [0.3, 0.4) is 0 Å². The summed E-state index contributed by atoms with van der Waals surface area (Å²) < 4.78 is 25.1. The Balaban J connectivity index is 1.66. The molecular weight excluding hydrogens is 336 g/mol. The minimum atomic E-state index is -3.14. The Kier molecular flexibility index (Phi) is 4.94. The average Bonchev–Trinajstić information content (AvgIpc) is 3.11. The largest absolute Gasteiger partial charge is 0.336 e. The predicted molar refractivity (Wildman–Crippen MR) is 89.7 cm³/mol. The maximum atomic E-state index is 12.6. The van der Waals surface area contributed by atoms with Gasteiger partial charge in [-0.2, -0.15) is 0 Å². The number of sulfonamides is 1. The molecule has 2 aliphatic rings. The van der Waals surface area contributed by atoms with Gasteiger partial charge in [-0.05, 0) is 30.9 Å². The van der Waals surface area contributed by atoms with Crippen LogP contribution in [-0.2, 0) is 14.8 Å². The molecule has 5 nitrogen and oxygen atoms in total. The maximum Gasteiger partial charge on any atom is 0.224 e. The summed E-state index contributed by atoms with van der Waals surface area (Å²) in [6, 6.07) is 7.62. The van der Waals surface area contributed by atoms with Gasteiger partial charge in [0, 0.05) is 31.1 Å². The zero-order valence-corrected chi connectivity index (χ0v) is 14.5. The van der Waals surface area contributed by atoms with Crippen LogP contribution in [0.1, 0.15) is 37.3 Å². The van der Waals surface area contributed by atoms with E-state index in [9.17, 15) is 13.2 Å². The quantitative estimate of drug-likeness (QED) is 0.832. The molecule has 2 fully saturated rings. The van der Waals surface area contributed by atoms with Gasteiger partial charge in [0.15, 0.2) is 0 Å². The molecule has 1 aromatic rings. The number of likely N-dealkylation sites (tertiary alicyclic amines) is 1. The minimum absolute atomic E-state index is 0.00591. The number of hydrogen-bond acceptors (Lipinski definition) is 3. The first-order valence-corrected chi connectivity index (χ1v) is 9.99. The third kappa shape index (κ3) is 3.54. The number of carbonyl (C=O) groups excluding carboxylic acids is 1.